The second-order valence-corrected chi connectivity index (χ2v) is 3.39. The molecule has 15 heavy (non-hydrogen) atoms. The lowest BCUT2D eigenvalue weighted by Gasteiger charge is -2.18. The summed E-state index contributed by atoms with van der Waals surface area (Å²) < 4.78 is 5.34. The number of rotatable bonds is 4. The van der Waals surface area contributed by atoms with Crippen molar-refractivity contribution in [3.8, 4) is 0 Å². The van der Waals surface area contributed by atoms with E-state index in [1.165, 1.54) is 4.90 Å². The minimum Gasteiger partial charge on any atom is -0.372 e. The van der Waals surface area contributed by atoms with Crippen LogP contribution in [0.25, 0.3) is 0 Å². The lowest BCUT2D eigenvalue weighted by Crippen LogP contribution is -2.46. The molecule has 0 aromatic carbocycles. The summed E-state index contributed by atoms with van der Waals surface area (Å²) in [5.41, 5.74) is 10.3. The Bertz CT molecular complexity index is 258. The molecule has 4 N–H and O–H groups in total. The third kappa shape index (κ3) is 2.69. The first-order valence-electron chi connectivity index (χ1n) is 4.64. The van der Waals surface area contributed by atoms with Crippen molar-refractivity contribution in [3.63, 3.8) is 0 Å². The topological polar surface area (TPSA) is 98.7 Å². The number of carbonyl (C=O) groups is 2. The van der Waals surface area contributed by atoms with E-state index < -0.39 is 18.0 Å². The summed E-state index contributed by atoms with van der Waals surface area (Å²) in [4.78, 5) is 23.3. The average Bonchev–Trinajstić information content (AvgIpc) is 2.58. The van der Waals surface area contributed by atoms with E-state index in [0.29, 0.717) is 19.6 Å². The predicted molar refractivity (Wildman–Crippen MR) is 53.8 cm³/mol. The lowest BCUT2D eigenvalue weighted by molar-refractivity contribution is -0.121. The number of amides is 3. The van der Waals surface area contributed by atoms with Crippen molar-refractivity contribution in [1.29, 1.82) is 0 Å². The molecular formula is C9H15N3O3. The number of likely N-dealkylation sites (tertiary alicyclic amines) is 1. The smallest absolute Gasteiger partial charge is 0.315 e. The fraction of sp³-hybridized carbons (Fsp3) is 0.556. The van der Waals surface area contributed by atoms with Gasteiger partial charge in [0.05, 0.1) is 12.7 Å². The third-order valence-electron chi connectivity index (χ3n) is 2.32. The quantitative estimate of drug-likeness (QED) is 0.598. The maximum Gasteiger partial charge on any atom is 0.315 e. The van der Waals surface area contributed by atoms with Crippen LogP contribution in [0.15, 0.2) is 12.7 Å². The van der Waals surface area contributed by atoms with Crippen LogP contribution in [-0.4, -0.2) is 42.1 Å². The number of hydrogen-bond donors (Lipinski definition) is 2. The molecule has 0 bridgehead atoms. The van der Waals surface area contributed by atoms with Gasteiger partial charge in [-0.05, 0) is 0 Å². The van der Waals surface area contributed by atoms with Crippen molar-refractivity contribution in [3.05, 3.63) is 12.7 Å². The van der Waals surface area contributed by atoms with Crippen LogP contribution in [0.3, 0.4) is 0 Å². The van der Waals surface area contributed by atoms with Crippen LogP contribution < -0.4 is 11.5 Å². The minimum atomic E-state index is -0.655. The molecule has 0 spiro atoms. The van der Waals surface area contributed by atoms with Crippen LogP contribution in [0.4, 0.5) is 4.79 Å². The molecular weight excluding hydrogens is 198 g/mol. The molecule has 2 atom stereocenters. The molecule has 84 valence electrons. The number of ether oxygens (including phenoxy) is 1. The molecule has 1 aliphatic rings. The van der Waals surface area contributed by atoms with Gasteiger partial charge in [0.1, 0.15) is 6.04 Å². The van der Waals surface area contributed by atoms with Gasteiger partial charge in [-0.15, -0.1) is 6.58 Å². The molecule has 2 unspecified atom stereocenters. The first-order chi connectivity index (χ1) is 7.06. The molecule has 0 aromatic heterocycles. The summed E-state index contributed by atoms with van der Waals surface area (Å²) in [6, 6.07) is -1.30. The summed E-state index contributed by atoms with van der Waals surface area (Å²) in [5.74, 6) is -0.557. The predicted octanol–water partition coefficient (Wildman–Crippen LogP) is -0.804. The molecule has 1 rings (SSSR count). The van der Waals surface area contributed by atoms with Crippen LogP contribution in [0.2, 0.25) is 0 Å². The van der Waals surface area contributed by atoms with E-state index in [0.717, 1.165) is 0 Å². The molecule has 0 aromatic rings. The van der Waals surface area contributed by atoms with Crippen LogP contribution in [0, 0.1) is 0 Å². The Hall–Kier alpha value is -1.56. The van der Waals surface area contributed by atoms with E-state index in [-0.39, 0.29) is 6.10 Å². The normalized spacial score (nSPS) is 25.2. The second-order valence-electron chi connectivity index (χ2n) is 3.39. The van der Waals surface area contributed by atoms with Gasteiger partial charge in [0, 0.05) is 13.0 Å². The standard InChI is InChI=1S/C9H15N3O3/c1-2-3-15-6-4-7(8(10)13)12(5-6)9(11)14/h2,6-7H,1,3-5H2,(H2,10,13)(H2,11,14). The van der Waals surface area contributed by atoms with Crippen molar-refractivity contribution in [1.82, 2.24) is 4.90 Å². The van der Waals surface area contributed by atoms with Crippen molar-refractivity contribution in [2.45, 2.75) is 18.6 Å². The summed E-state index contributed by atoms with van der Waals surface area (Å²) >= 11 is 0. The monoisotopic (exact) mass is 213 g/mol. The van der Waals surface area contributed by atoms with Crippen LogP contribution in [-0.2, 0) is 9.53 Å². The largest absolute Gasteiger partial charge is 0.372 e. The SMILES string of the molecule is C=CCOC1CC(C(N)=O)N(C(N)=O)C1. The molecule has 1 heterocycles. The highest BCUT2D eigenvalue weighted by atomic mass is 16.5. The van der Waals surface area contributed by atoms with Gasteiger partial charge >= 0.3 is 6.03 Å². The number of nitrogens with zero attached hydrogens (tertiary/aromatic N) is 1. The first-order valence-corrected chi connectivity index (χ1v) is 4.64. The third-order valence-corrected chi connectivity index (χ3v) is 2.32. The Morgan fingerprint density at radius 3 is 2.60 bits per heavy atom. The highest BCUT2D eigenvalue weighted by Crippen LogP contribution is 2.19. The molecule has 0 aliphatic carbocycles. The van der Waals surface area contributed by atoms with Crippen molar-refractivity contribution < 1.29 is 14.3 Å². The Balaban J connectivity index is 2.60. The lowest BCUT2D eigenvalue weighted by atomic mass is 10.2. The van der Waals surface area contributed by atoms with Gasteiger partial charge in [-0.25, -0.2) is 4.79 Å². The highest BCUT2D eigenvalue weighted by molar-refractivity contribution is 5.86. The summed E-state index contributed by atoms with van der Waals surface area (Å²) in [5, 5.41) is 0. The minimum absolute atomic E-state index is 0.201. The first kappa shape index (κ1) is 11.5. The molecule has 3 amide bonds. The van der Waals surface area contributed by atoms with Gasteiger partial charge in [0.15, 0.2) is 0 Å². The molecule has 1 saturated heterocycles. The van der Waals surface area contributed by atoms with E-state index in [1.54, 1.807) is 6.08 Å². The molecule has 6 heteroatoms. The number of carbonyl (C=O) groups excluding carboxylic acids is 2. The van der Waals surface area contributed by atoms with Gasteiger partial charge in [-0.1, -0.05) is 6.08 Å². The molecule has 1 fully saturated rings. The van der Waals surface area contributed by atoms with Crippen LogP contribution in [0.5, 0.6) is 0 Å². The Morgan fingerprint density at radius 2 is 2.20 bits per heavy atom. The zero-order chi connectivity index (χ0) is 11.4. The highest BCUT2D eigenvalue weighted by Gasteiger charge is 2.38. The summed E-state index contributed by atoms with van der Waals surface area (Å²) in [6.45, 7) is 4.19. The number of nitrogens with two attached hydrogens (primary N) is 2. The zero-order valence-corrected chi connectivity index (χ0v) is 8.39. The maximum absolute atomic E-state index is 11.0. The van der Waals surface area contributed by atoms with Crippen molar-refractivity contribution in [2.24, 2.45) is 11.5 Å². The number of urea groups is 1. The van der Waals surface area contributed by atoms with Gasteiger partial charge in [0.25, 0.3) is 0 Å². The Kier molecular flexibility index (Phi) is 3.68. The number of primary amides is 2. The van der Waals surface area contributed by atoms with E-state index in [2.05, 4.69) is 6.58 Å². The van der Waals surface area contributed by atoms with Crippen LogP contribution >= 0.6 is 0 Å². The average molecular weight is 213 g/mol. The van der Waals surface area contributed by atoms with Gasteiger partial charge in [0.2, 0.25) is 5.91 Å². The molecule has 1 aliphatic heterocycles. The molecule has 6 nitrogen and oxygen atoms in total. The Morgan fingerprint density at radius 1 is 1.53 bits per heavy atom. The van der Waals surface area contributed by atoms with Crippen molar-refractivity contribution in [2.75, 3.05) is 13.2 Å². The van der Waals surface area contributed by atoms with E-state index >= 15 is 0 Å². The number of hydrogen-bond acceptors (Lipinski definition) is 3. The van der Waals surface area contributed by atoms with E-state index in [9.17, 15) is 9.59 Å². The second kappa shape index (κ2) is 4.79. The van der Waals surface area contributed by atoms with Crippen LogP contribution in [0.1, 0.15) is 6.42 Å². The summed E-state index contributed by atoms with van der Waals surface area (Å²) in [7, 11) is 0. The Labute approximate surface area is 87.8 Å². The van der Waals surface area contributed by atoms with E-state index in [4.69, 9.17) is 16.2 Å². The fourth-order valence-corrected chi connectivity index (χ4v) is 1.64. The van der Waals surface area contributed by atoms with Gasteiger partial charge < -0.3 is 21.1 Å². The summed E-state index contributed by atoms with van der Waals surface area (Å²) in [6.07, 6.45) is 1.80. The van der Waals surface area contributed by atoms with Gasteiger partial charge in [-0.3, -0.25) is 4.79 Å². The maximum atomic E-state index is 11.0. The van der Waals surface area contributed by atoms with E-state index in [1.807, 2.05) is 0 Å². The van der Waals surface area contributed by atoms with Gasteiger partial charge in [-0.2, -0.15) is 0 Å². The molecule has 0 saturated carbocycles. The fourth-order valence-electron chi connectivity index (χ4n) is 1.64. The van der Waals surface area contributed by atoms with Crippen molar-refractivity contribution >= 4 is 11.9 Å². The molecule has 0 radical (unpaired) electrons. The zero-order valence-electron chi connectivity index (χ0n) is 8.39.